The Morgan fingerprint density at radius 1 is 1.27 bits per heavy atom. The number of ether oxygens (including phenoxy) is 1. The van der Waals surface area contributed by atoms with Crippen molar-refractivity contribution in [2.45, 2.75) is 19.3 Å². The van der Waals surface area contributed by atoms with Gasteiger partial charge in [0.25, 0.3) is 11.8 Å². The van der Waals surface area contributed by atoms with Crippen LogP contribution in [0.5, 0.6) is 0 Å². The largest absolute Gasteiger partial charge is 0.378 e. The van der Waals surface area contributed by atoms with Crippen LogP contribution in [-0.4, -0.2) is 48.0 Å². The molecule has 0 saturated carbocycles. The van der Waals surface area contributed by atoms with Crippen molar-refractivity contribution in [1.82, 2.24) is 4.90 Å². The molecule has 1 aromatic heterocycles. The highest BCUT2D eigenvalue weighted by Gasteiger charge is 2.27. The summed E-state index contributed by atoms with van der Waals surface area (Å²) >= 11 is 6.67. The second kappa shape index (κ2) is 6.31. The average molecular weight is 339 g/mol. The van der Waals surface area contributed by atoms with Crippen molar-refractivity contribution in [1.29, 1.82) is 0 Å². The maximum Gasteiger partial charge on any atom is 0.283 e. The lowest BCUT2D eigenvalue weighted by molar-refractivity contribution is -0.111. The molecule has 1 aromatic rings. The van der Waals surface area contributed by atoms with Crippen molar-refractivity contribution in [3.63, 3.8) is 0 Å². The summed E-state index contributed by atoms with van der Waals surface area (Å²) in [6, 6.07) is 0. The van der Waals surface area contributed by atoms with Gasteiger partial charge in [-0.3, -0.25) is 9.59 Å². The minimum atomic E-state index is -0.494. The van der Waals surface area contributed by atoms with E-state index in [1.165, 1.54) is 11.3 Å². The van der Waals surface area contributed by atoms with Gasteiger partial charge in [0.15, 0.2) is 4.99 Å². The minimum Gasteiger partial charge on any atom is -0.378 e. The first kappa shape index (κ1) is 15.4. The third kappa shape index (κ3) is 2.86. The van der Waals surface area contributed by atoms with Crippen LogP contribution in [0.25, 0.3) is 0 Å². The van der Waals surface area contributed by atoms with Gasteiger partial charge in [0.05, 0.1) is 18.8 Å². The fourth-order valence-electron chi connectivity index (χ4n) is 2.82. The second-order valence-corrected chi connectivity index (χ2v) is 6.78. The number of thiocarbonyl (C=S) groups is 1. The second-order valence-electron chi connectivity index (χ2n) is 5.28. The maximum atomic E-state index is 12.3. The lowest BCUT2D eigenvalue weighted by Crippen LogP contribution is -2.44. The Morgan fingerprint density at radius 3 is 2.68 bits per heavy atom. The van der Waals surface area contributed by atoms with Crippen LogP contribution < -0.4 is 11.1 Å². The van der Waals surface area contributed by atoms with Crippen LogP contribution in [0.3, 0.4) is 0 Å². The number of aryl methyl sites for hydroxylation is 1. The number of nitrogens with one attached hydrogen (secondary N) is 1. The van der Waals surface area contributed by atoms with Crippen molar-refractivity contribution < 1.29 is 14.3 Å². The number of primary amides is 1. The van der Waals surface area contributed by atoms with Crippen LogP contribution in [0.15, 0.2) is 0 Å². The van der Waals surface area contributed by atoms with Crippen LogP contribution >= 0.6 is 23.6 Å². The molecule has 6 nitrogen and oxygen atoms in total. The van der Waals surface area contributed by atoms with Gasteiger partial charge in [-0.25, -0.2) is 0 Å². The quantitative estimate of drug-likeness (QED) is 0.783. The Kier molecular flexibility index (Phi) is 4.42. The number of carbonyl (C=O) groups excluding carboxylic acids is 2. The van der Waals surface area contributed by atoms with Gasteiger partial charge in [-0.1, -0.05) is 12.2 Å². The molecule has 22 heavy (non-hydrogen) atoms. The number of thiophene rings is 1. The van der Waals surface area contributed by atoms with E-state index in [-0.39, 0.29) is 10.9 Å². The fourth-order valence-corrected chi connectivity index (χ4v) is 4.34. The van der Waals surface area contributed by atoms with E-state index in [0.717, 1.165) is 29.7 Å². The van der Waals surface area contributed by atoms with E-state index in [1.54, 1.807) is 0 Å². The SMILES string of the molecule is NC(=O)c1c(NC(=O)C(=S)N2CCOCC2)sc2c1CCC2. The van der Waals surface area contributed by atoms with Crippen LogP contribution in [0.4, 0.5) is 5.00 Å². The summed E-state index contributed by atoms with van der Waals surface area (Å²) in [6.07, 6.45) is 2.81. The summed E-state index contributed by atoms with van der Waals surface area (Å²) < 4.78 is 5.25. The van der Waals surface area contributed by atoms with Crippen molar-refractivity contribution in [2.75, 3.05) is 31.6 Å². The lowest BCUT2D eigenvalue weighted by Gasteiger charge is -2.28. The number of morpholine rings is 1. The molecule has 0 unspecified atom stereocenters. The molecule has 0 radical (unpaired) electrons. The van der Waals surface area contributed by atoms with Crippen molar-refractivity contribution in [3.8, 4) is 0 Å². The third-order valence-electron chi connectivity index (χ3n) is 3.89. The van der Waals surface area contributed by atoms with E-state index in [9.17, 15) is 9.59 Å². The molecule has 2 amide bonds. The van der Waals surface area contributed by atoms with Crippen molar-refractivity contribution >= 4 is 45.4 Å². The Balaban J connectivity index is 1.76. The van der Waals surface area contributed by atoms with Gasteiger partial charge in [0.2, 0.25) is 0 Å². The molecule has 8 heteroatoms. The number of nitrogens with two attached hydrogens (primary N) is 1. The lowest BCUT2D eigenvalue weighted by atomic mass is 10.1. The van der Waals surface area contributed by atoms with E-state index in [4.69, 9.17) is 22.7 Å². The van der Waals surface area contributed by atoms with Crippen molar-refractivity contribution in [2.24, 2.45) is 5.73 Å². The number of anilines is 1. The maximum absolute atomic E-state index is 12.3. The monoisotopic (exact) mass is 339 g/mol. The number of fused-ring (bicyclic) bond motifs is 1. The molecule has 3 N–H and O–H groups in total. The number of hydrogen-bond acceptors (Lipinski definition) is 5. The van der Waals surface area contributed by atoms with Crippen LogP contribution in [0, 0.1) is 0 Å². The summed E-state index contributed by atoms with van der Waals surface area (Å²) in [6.45, 7) is 2.34. The Bertz CT molecular complexity index is 636. The molecular formula is C14H17N3O3S2. The van der Waals surface area contributed by atoms with Gasteiger partial charge in [-0.2, -0.15) is 0 Å². The Hall–Kier alpha value is -1.51. The molecule has 2 heterocycles. The van der Waals surface area contributed by atoms with Gasteiger partial charge >= 0.3 is 0 Å². The predicted molar refractivity (Wildman–Crippen MR) is 88.5 cm³/mol. The Labute approximate surface area is 137 Å². The topological polar surface area (TPSA) is 84.7 Å². The first-order valence-electron chi connectivity index (χ1n) is 7.20. The number of rotatable bonds is 2. The van der Waals surface area contributed by atoms with E-state index < -0.39 is 5.91 Å². The van der Waals surface area contributed by atoms with Crippen LogP contribution in [-0.2, 0) is 22.4 Å². The number of hydrogen-bond donors (Lipinski definition) is 2. The first-order valence-corrected chi connectivity index (χ1v) is 8.42. The minimum absolute atomic E-state index is 0.229. The van der Waals surface area contributed by atoms with Crippen molar-refractivity contribution in [3.05, 3.63) is 16.0 Å². The molecule has 2 aliphatic rings. The van der Waals surface area contributed by atoms with Gasteiger partial charge in [0.1, 0.15) is 5.00 Å². The summed E-state index contributed by atoms with van der Waals surface area (Å²) in [4.78, 5) is 27.2. The van der Waals surface area contributed by atoms with Crippen LogP contribution in [0.1, 0.15) is 27.2 Å². The highest BCUT2D eigenvalue weighted by molar-refractivity contribution is 7.82. The van der Waals surface area contributed by atoms with Gasteiger partial charge < -0.3 is 20.7 Å². The molecule has 0 bridgehead atoms. The number of carbonyl (C=O) groups is 2. The molecule has 0 spiro atoms. The van der Waals surface area contributed by atoms with Crippen LogP contribution in [0.2, 0.25) is 0 Å². The zero-order valence-electron chi connectivity index (χ0n) is 12.0. The van der Waals surface area contributed by atoms with Gasteiger partial charge in [-0.05, 0) is 24.8 Å². The van der Waals surface area contributed by atoms with E-state index in [0.29, 0.717) is 36.9 Å². The van der Waals surface area contributed by atoms with Gasteiger partial charge in [0, 0.05) is 18.0 Å². The first-order chi connectivity index (χ1) is 10.6. The molecule has 3 rings (SSSR count). The van der Waals surface area contributed by atoms with E-state index in [2.05, 4.69) is 5.32 Å². The molecular weight excluding hydrogens is 322 g/mol. The molecule has 1 fully saturated rings. The average Bonchev–Trinajstić information content (AvgIpc) is 3.07. The standard InChI is InChI=1S/C14H17N3O3S2/c15-11(18)10-8-2-1-3-9(8)22-13(10)16-12(19)14(21)17-4-6-20-7-5-17/h1-7H2,(H2,15,18)(H,16,19). The highest BCUT2D eigenvalue weighted by Crippen LogP contribution is 2.38. The zero-order chi connectivity index (χ0) is 15.7. The molecule has 0 atom stereocenters. The van der Waals surface area contributed by atoms with E-state index >= 15 is 0 Å². The molecule has 0 aromatic carbocycles. The summed E-state index contributed by atoms with van der Waals surface area (Å²) in [5.41, 5.74) is 6.93. The predicted octanol–water partition coefficient (Wildman–Crippen LogP) is 0.934. The van der Waals surface area contributed by atoms with Gasteiger partial charge in [-0.15, -0.1) is 11.3 Å². The molecule has 1 aliphatic heterocycles. The Morgan fingerprint density at radius 2 is 2.00 bits per heavy atom. The highest BCUT2D eigenvalue weighted by atomic mass is 32.1. The fraction of sp³-hybridized carbons (Fsp3) is 0.500. The molecule has 1 aliphatic carbocycles. The zero-order valence-corrected chi connectivity index (χ0v) is 13.6. The normalized spacial score (nSPS) is 17.2. The molecule has 1 saturated heterocycles. The summed E-state index contributed by atoms with van der Waals surface area (Å²) in [7, 11) is 0. The summed E-state index contributed by atoms with van der Waals surface area (Å²) in [5, 5.41) is 3.30. The van der Waals surface area contributed by atoms with E-state index in [1.807, 2.05) is 4.90 Å². The third-order valence-corrected chi connectivity index (χ3v) is 5.54. The molecule has 118 valence electrons. The summed E-state index contributed by atoms with van der Waals surface area (Å²) in [5.74, 6) is -0.855. The smallest absolute Gasteiger partial charge is 0.283 e. The number of amides is 2. The number of nitrogens with zero attached hydrogens (tertiary/aromatic N) is 1.